The predicted molar refractivity (Wildman–Crippen MR) is 41.8 cm³/mol. The van der Waals surface area contributed by atoms with Crippen LogP contribution in [-0.4, -0.2) is 0 Å². The molecular weight excluding hydrogens is 130 g/mol. The Kier molecular flexibility index (Phi) is 2.22. The molecular formula is C7H10NS. The van der Waals surface area contributed by atoms with E-state index in [2.05, 4.69) is 19.2 Å². The molecule has 1 rings (SSSR count). The van der Waals surface area contributed by atoms with Gasteiger partial charge in [0.25, 0.3) is 0 Å². The molecule has 1 aliphatic heterocycles. The molecule has 49 valence electrons. The average Bonchev–Trinajstić information content (AvgIpc) is 1.90. The molecule has 0 aromatic heterocycles. The number of nitrogens with zero attached hydrogens (tertiary/aromatic N) is 1. The Hall–Kier alpha value is -0.370. The van der Waals surface area contributed by atoms with Crippen molar-refractivity contribution in [1.82, 2.24) is 5.32 Å². The summed E-state index contributed by atoms with van der Waals surface area (Å²) in [5, 5.41) is 6.03. The summed E-state index contributed by atoms with van der Waals surface area (Å²) in [4.78, 5) is 1.34. The van der Waals surface area contributed by atoms with Gasteiger partial charge >= 0.3 is 0 Å². The quantitative estimate of drug-likeness (QED) is 0.545. The van der Waals surface area contributed by atoms with Crippen LogP contribution in [0.15, 0.2) is 22.7 Å². The van der Waals surface area contributed by atoms with Gasteiger partial charge < -0.3 is 0 Å². The monoisotopic (exact) mass is 140 g/mol. The van der Waals surface area contributed by atoms with Crippen LogP contribution < -0.4 is 5.32 Å². The van der Waals surface area contributed by atoms with Gasteiger partial charge in [-0.25, -0.2) is 0 Å². The molecule has 2 heteroatoms. The van der Waals surface area contributed by atoms with Crippen LogP contribution in [-0.2, 0) is 0 Å². The van der Waals surface area contributed by atoms with E-state index in [1.165, 1.54) is 4.91 Å². The lowest BCUT2D eigenvalue weighted by molar-refractivity contribution is 0.807. The van der Waals surface area contributed by atoms with Crippen molar-refractivity contribution < 1.29 is 0 Å². The molecule has 0 amide bonds. The van der Waals surface area contributed by atoms with E-state index < -0.39 is 0 Å². The molecule has 1 radical (unpaired) electrons. The van der Waals surface area contributed by atoms with Crippen molar-refractivity contribution in [1.29, 1.82) is 0 Å². The van der Waals surface area contributed by atoms with E-state index in [0.29, 0.717) is 5.92 Å². The minimum atomic E-state index is 0.615. The molecule has 0 bridgehead atoms. The van der Waals surface area contributed by atoms with Gasteiger partial charge in [-0.2, -0.15) is 0 Å². The van der Waals surface area contributed by atoms with E-state index in [1.54, 1.807) is 11.8 Å². The fourth-order valence-corrected chi connectivity index (χ4v) is 1.26. The highest BCUT2D eigenvalue weighted by atomic mass is 32.2. The highest BCUT2D eigenvalue weighted by molar-refractivity contribution is 8.05. The smallest absolute Gasteiger partial charge is 0.0369 e. The molecule has 0 unspecified atom stereocenters. The first kappa shape index (κ1) is 6.75. The van der Waals surface area contributed by atoms with Crippen LogP contribution >= 0.6 is 11.8 Å². The summed E-state index contributed by atoms with van der Waals surface area (Å²) >= 11 is 1.76. The third-order valence-corrected chi connectivity index (χ3v) is 2.23. The summed E-state index contributed by atoms with van der Waals surface area (Å²) in [5.74, 6) is 0.615. The average molecular weight is 140 g/mol. The summed E-state index contributed by atoms with van der Waals surface area (Å²) in [6, 6.07) is 0. The second-order valence-corrected chi connectivity index (χ2v) is 3.22. The van der Waals surface area contributed by atoms with Crippen molar-refractivity contribution in [2.45, 2.75) is 13.8 Å². The SMILES string of the molecule is CC(C)C1=C[N]C=CS1. The zero-order valence-corrected chi connectivity index (χ0v) is 6.48. The topological polar surface area (TPSA) is 14.1 Å². The van der Waals surface area contributed by atoms with Crippen LogP contribution in [0, 0.1) is 5.92 Å². The van der Waals surface area contributed by atoms with Gasteiger partial charge in [-0.15, -0.1) is 0 Å². The molecule has 9 heavy (non-hydrogen) atoms. The van der Waals surface area contributed by atoms with Gasteiger partial charge in [0, 0.05) is 17.3 Å². The van der Waals surface area contributed by atoms with E-state index in [9.17, 15) is 0 Å². The zero-order valence-electron chi connectivity index (χ0n) is 5.66. The Morgan fingerprint density at radius 1 is 1.56 bits per heavy atom. The number of thioether (sulfide) groups is 1. The molecule has 1 nitrogen and oxygen atoms in total. The van der Waals surface area contributed by atoms with Gasteiger partial charge in [0.1, 0.15) is 0 Å². The van der Waals surface area contributed by atoms with Gasteiger partial charge in [0.05, 0.1) is 0 Å². The summed E-state index contributed by atoms with van der Waals surface area (Å²) in [6.07, 6.45) is 3.74. The van der Waals surface area contributed by atoms with Crippen LogP contribution in [0.2, 0.25) is 0 Å². The molecule has 0 aromatic carbocycles. The largest absolute Gasteiger partial charge is 0.263 e. The highest BCUT2D eigenvalue weighted by Gasteiger charge is 2.03. The van der Waals surface area contributed by atoms with Crippen molar-refractivity contribution in [2.75, 3.05) is 0 Å². The Labute approximate surface area is 60.2 Å². The fourth-order valence-electron chi connectivity index (χ4n) is 0.576. The number of hydrogen-bond acceptors (Lipinski definition) is 1. The first-order valence-corrected chi connectivity index (χ1v) is 3.90. The standard InChI is InChI=1S/C7H10NS/c1-6(2)7-5-8-3-4-9-7/h3-6H,1-2H3. The molecule has 1 aliphatic rings. The molecule has 0 atom stereocenters. The third-order valence-electron chi connectivity index (χ3n) is 1.12. The predicted octanol–water partition coefficient (Wildman–Crippen LogP) is 2.31. The van der Waals surface area contributed by atoms with Crippen molar-refractivity contribution in [3.8, 4) is 0 Å². The van der Waals surface area contributed by atoms with E-state index >= 15 is 0 Å². The molecule has 1 heterocycles. The van der Waals surface area contributed by atoms with Gasteiger partial charge in [0.2, 0.25) is 0 Å². The van der Waals surface area contributed by atoms with Crippen LogP contribution in [0.1, 0.15) is 13.8 Å². The van der Waals surface area contributed by atoms with Gasteiger partial charge in [0.15, 0.2) is 0 Å². The number of allylic oxidation sites excluding steroid dienone is 1. The van der Waals surface area contributed by atoms with Gasteiger partial charge in [-0.05, 0) is 11.3 Å². The van der Waals surface area contributed by atoms with E-state index in [-0.39, 0.29) is 0 Å². The Bertz CT molecular complexity index is 147. The molecule has 0 spiro atoms. The molecule has 0 fully saturated rings. The zero-order chi connectivity index (χ0) is 6.69. The maximum absolute atomic E-state index is 4.02. The van der Waals surface area contributed by atoms with Gasteiger partial charge in [-0.3, -0.25) is 5.32 Å². The van der Waals surface area contributed by atoms with Crippen molar-refractivity contribution >= 4 is 11.8 Å². The molecule has 0 saturated carbocycles. The van der Waals surface area contributed by atoms with E-state index in [4.69, 9.17) is 0 Å². The lowest BCUT2D eigenvalue weighted by Gasteiger charge is -2.09. The maximum Gasteiger partial charge on any atom is 0.0369 e. The summed E-state index contributed by atoms with van der Waals surface area (Å²) < 4.78 is 0. The van der Waals surface area contributed by atoms with Crippen LogP contribution in [0.4, 0.5) is 0 Å². The Morgan fingerprint density at radius 3 is 2.67 bits per heavy atom. The first-order valence-electron chi connectivity index (χ1n) is 3.02. The van der Waals surface area contributed by atoms with Crippen molar-refractivity contribution in [3.05, 3.63) is 22.7 Å². The van der Waals surface area contributed by atoms with E-state index in [0.717, 1.165) is 0 Å². The molecule has 0 saturated heterocycles. The lowest BCUT2D eigenvalue weighted by atomic mass is 10.2. The second-order valence-electron chi connectivity index (χ2n) is 2.24. The van der Waals surface area contributed by atoms with Crippen LogP contribution in [0.5, 0.6) is 0 Å². The number of rotatable bonds is 1. The summed E-state index contributed by atoms with van der Waals surface area (Å²) in [6.45, 7) is 4.35. The van der Waals surface area contributed by atoms with Crippen LogP contribution in [0.3, 0.4) is 0 Å². The minimum Gasteiger partial charge on any atom is -0.263 e. The summed E-state index contributed by atoms with van der Waals surface area (Å²) in [7, 11) is 0. The fraction of sp³-hybridized carbons (Fsp3) is 0.429. The lowest BCUT2D eigenvalue weighted by Crippen LogP contribution is -1.95. The summed E-state index contributed by atoms with van der Waals surface area (Å²) in [5.41, 5.74) is 0. The number of hydrogen-bond donors (Lipinski definition) is 0. The van der Waals surface area contributed by atoms with Gasteiger partial charge in [-0.1, -0.05) is 25.6 Å². The van der Waals surface area contributed by atoms with Crippen LogP contribution in [0.25, 0.3) is 0 Å². The molecule has 0 aliphatic carbocycles. The van der Waals surface area contributed by atoms with E-state index in [1.807, 2.05) is 17.8 Å². The maximum atomic E-state index is 4.02. The van der Waals surface area contributed by atoms with Crippen molar-refractivity contribution in [2.24, 2.45) is 5.92 Å². The Balaban J connectivity index is 2.50. The first-order chi connectivity index (χ1) is 4.30. The highest BCUT2D eigenvalue weighted by Crippen LogP contribution is 2.26. The molecule has 0 N–H and O–H groups in total. The Morgan fingerprint density at radius 2 is 2.33 bits per heavy atom. The molecule has 0 aromatic rings. The second kappa shape index (κ2) is 2.97. The van der Waals surface area contributed by atoms with Crippen molar-refractivity contribution in [3.63, 3.8) is 0 Å². The third kappa shape index (κ3) is 1.79. The normalized spacial score (nSPS) is 17.4. The minimum absolute atomic E-state index is 0.615.